The molecule has 3 rings (SSSR count). The summed E-state index contributed by atoms with van der Waals surface area (Å²) in [5, 5.41) is 3.36. The normalized spacial score (nSPS) is 10.8. The molecule has 0 bridgehead atoms. The smallest absolute Gasteiger partial charge is 0.341 e. The van der Waals surface area contributed by atoms with Gasteiger partial charge in [-0.05, 0) is 12.5 Å². The number of carbonyl (C=O) groups excluding carboxylic acids is 2. The number of benzene rings is 2. The molecule has 0 spiro atoms. The van der Waals surface area contributed by atoms with Crippen molar-refractivity contribution in [1.29, 1.82) is 0 Å². The van der Waals surface area contributed by atoms with Crippen LogP contribution >= 0.6 is 11.3 Å². The van der Waals surface area contributed by atoms with Gasteiger partial charge in [-0.2, -0.15) is 0 Å². The van der Waals surface area contributed by atoms with Crippen LogP contribution in [0.4, 0.5) is 27.0 Å². The molecule has 10 heteroatoms. The Morgan fingerprint density at radius 2 is 1.40 bits per heavy atom. The molecule has 0 aliphatic heterocycles. The third-order valence-corrected chi connectivity index (χ3v) is 5.10. The zero-order chi connectivity index (χ0) is 22.2. The van der Waals surface area contributed by atoms with E-state index in [-0.39, 0.29) is 10.6 Å². The molecule has 3 aromatic rings. The number of anilines is 1. The number of esters is 1. The van der Waals surface area contributed by atoms with Crippen molar-refractivity contribution in [2.75, 3.05) is 12.4 Å². The number of thiophene rings is 1. The van der Waals surface area contributed by atoms with Crippen LogP contribution in [0.15, 0.2) is 29.6 Å². The molecule has 1 heterocycles. The number of halogens is 5. The fourth-order valence-corrected chi connectivity index (χ4v) is 3.62. The summed E-state index contributed by atoms with van der Waals surface area (Å²) in [6.45, 7) is 1.86. The van der Waals surface area contributed by atoms with E-state index in [1.165, 1.54) is 5.38 Å². The summed E-state index contributed by atoms with van der Waals surface area (Å²) in [5.41, 5.74) is 0.123. The second kappa shape index (κ2) is 8.23. The number of amides is 1. The first kappa shape index (κ1) is 21.4. The Morgan fingerprint density at radius 1 is 0.867 bits per heavy atom. The van der Waals surface area contributed by atoms with E-state index in [0.29, 0.717) is 11.1 Å². The fraction of sp³-hybridized carbons (Fsp3) is 0.100. The van der Waals surface area contributed by atoms with Gasteiger partial charge >= 0.3 is 5.97 Å². The molecular formula is C20H12F5NO3S. The molecule has 30 heavy (non-hydrogen) atoms. The van der Waals surface area contributed by atoms with Crippen molar-refractivity contribution in [1.82, 2.24) is 0 Å². The van der Waals surface area contributed by atoms with Crippen molar-refractivity contribution < 1.29 is 36.3 Å². The van der Waals surface area contributed by atoms with E-state index in [1.54, 1.807) is 24.3 Å². The van der Waals surface area contributed by atoms with Crippen LogP contribution in [-0.4, -0.2) is 19.0 Å². The van der Waals surface area contributed by atoms with Crippen molar-refractivity contribution in [3.05, 3.63) is 75.4 Å². The number of hydrogen-bond donors (Lipinski definition) is 1. The summed E-state index contributed by atoms with van der Waals surface area (Å²) in [4.78, 5) is 24.6. The van der Waals surface area contributed by atoms with Gasteiger partial charge in [-0.1, -0.05) is 29.8 Å². The zero-order valence-corrected chi connectivity index (χ0v) is 16.2. The third-order valence-electron chi connectivity index (χ3n) is 4.21. The van der Waals surface area contributed by atoms with Gasteiger partial charge in [0.15, 0.2) is 23.3 Å². The van der Waals surface area contributed by atoms with Crippen LogP contribution in [0.3, 0.4) is 0 Å². The lowest BCUT2D eigenvalue weighted by Gasteiger charge is -2.10. The molecule has 0 radical (unpaired) electrons. The lowest BCUT2D eigenvalue weighted by atomic mass is 10.0. The maximum Gasteiger partial charge on any atom is 0.341 e. The minimum atomic E-state index is -2.38. The van der Waals surface area contributed by atoms with Gasteiger partial charge < -0.3 is 10.1 Å². The average molecular weight is 441 g/mol. The quantitative estimate of drug-likeness (QED) is 0.253. The van der Waals surface area contributed by atoms with Crippen LogP contribution in [0.5, 0.6) is 0 Å². The second-order valence-corrected chi connectivity index (χ2v) is 6.99. The minimum absolute atomic E-state index is 0.122. The molecule has 0 saturated carbocycles. The molecular weight excluding hydrogens is 429 g/mol. The van der Waals surface area contributed by atoms with Crippen molar-refractivity contribution in [2.45, 2.75) is 6.92 Å². The maximum atomic E-state index is 13.9. The van der Waals surface area contributed by atoms with E-state index >= 15 is 0 Å². The molecule has 0 unspecified atom stereocenters. The first-order valence-corrected chi connectivity index (χ1v) is 9.15. The molecule has 156 valence electrons. The fourth-order valence-electron chi connectivity index (χ4n) is 2.67. The Balaban J connectivity index is 2.07. The van der Waals surface area contributed by atoms with E-state index < -0.39 is 46.5 Å². The summed E-state index contributed by atoms with van der Waals surface area (Å²) in [6.07, 6.45) is 0. The largest absolute Gasteiger partial charge is 0.465 e. The van der Waals surface area contributed by atoms with Gasteiger partial charge in [-0.25, -0.2) is 26.7 Å². The van der Waals surface area contributed by atoms with Gasteiger partial charge in [0.05, 0.1) is 7.11 Å². The topological polar surface area (TPSA) is 55.4 Å². The van der Waals surface area contributed by atoms with Crippen molar-refractivity contribution >= 4 is 28.2 Å². The summed E-state index contributed by atoms with van der Waals surface area (Å²) >= 11 is 0.826. The molecule has 1 amide bonds. The molecule has 0 aliphatic rings. The average Bonchev–Trinajstić information content (AvgIpc) is 3.14. The highest BCUT2D eigenvalue weighted by Gasteiger charge is 2.31. The molecule has 2 aromatic carbocycles. The van der Waals surface area contributed by atoms with Crippen molar-refractivity contribution in [2.24, 2.45) is 0 Å². The van der Waals surface area contributed by atoms with E-state index in [4.69, 9.17) is 4.74 Å². The molecule has 0 atom stereocenters. The van der Waals surface area contributed by atoms with Gasteiger partial charge in [0.1, 0.15) is 16.1 Å². The van der Waals surface area contributed by atoms with Gasteiger partial charge in [0, 0.05) is 10.9 Å². The van der Waals surface area contributed by atoms with Crippen LogP contribution in [0, 0.1) is 36.0 Å². The summed E-state index contributed by atoms with van der Waals surface area (Å²) < 4.78 is 72.6. The van der Waals surface area contributed by atoms with E-state index in [1.807, 2.05) is 12.2 Å². The number of nitrogens with one attached hydrogen (secondary N) is 1. The maximum absolute atomic E-state index is 13.9. The Kier molecular flexibility index (Phi) is 5.88. The Labute approximate surface area is 170 Å². The first-order valence-electron chi connectivity index (χ1n) is 8.27. The zero-order valence-electron chi connectivity index (χ0n) is 15.4. The van der Waals surface area contributed by atoms with Gasteiger partial charge in [0.25, 0.3) is 5.91 Å². The number of rotatable bonds is 4. The number of hydrogen-bond acceptors (Lipinski definition) is 4. The molecule has 1 aromatic heterocycles. The van der Waals surface area contributed by atoms with E-state index in [0.717, 1.165) is 24.0 Å². The van der Waals surface area contributed by atoms with Gasteiger partial charge in [-0.15, -0.1) is 11.3 Å². The molecule has 0 aliphatic carbocycles. The van der Waals surface area contributed by atoms with Crippen LogP contribution in [0.1, 0.15) is 26.3 Å². The molecule has 0 saturated heterocycles. The molecule has 1 N–H and O–H groups in total. The minimum Gasteiger partial charge on any atom is -0.465 e. The predicted octanol–water partition coefficient (Wildman–Crippen LogP) is 5.46. The number of aryl methyl sites for hydroxylation is 1. The van der Waals surface area contributed by atoms with E-state index in [9.17, 15) is 31.5 Å². The van der Waals surface area contributed by atoms with Crippen LogP contribution in [0.25, 0.3) is 11.1 Å². The highest BCUT2D eigenvalue weighted by Crippen LogP contribution is 2.37. The van der Waals surface area contributed by atoms with Crippen molar-refractivity contribution in [3.8, 4) is 11.1 Å². The van der Waals surface area contributed by atoms with Crippen LogP contribution in [-0.2, 0) is 4.74 Å². The number of ether oxygens (including phenoxy) is 1. The number of methoxy groups -OCH3 is 1. The first-order chi connectivity index (χ1) is 14.2. The Hall–Kier alpha value is -3.27. The monoisotopic (exact) mass is 441 g/mol. The molecule has 0 fully saturated rings. The predicted molar refractivity (Wildman–Crippen MR) is 100 cm³/mol. The lowest BCUT2D eigenvalue weighted by molar-refractivity contribution is 0.0603. The van der Waals surface area contributed by atoms with Crippen LogP contribution < -0.4 is 5.32 Å². The van der Waals surface area contributed by atoms with E-state index in [2.05, 4.69) is 0 Å². The van der Waals surface area contributed by atoms with Crippen LogP contribution in [0.2, 0.25) is 0 Å². The highest BCUT2D eigenvalue weighted by molar-refractivity contribution is 7.15. The lowest BCUT2D eigenvalue weighted by Crippen LogP contribution is -2.20. The summed E-state index contributed by atoms with van der Waals surface area (Å²) in [5.74, 6) is -13.9. The third kappa shape index (κ3) is 3.65. The van der Waals surface area contributed by atoms with Gasteiger partial charge in [0.2, 0.25) is 5.82 Å². The molecule has 4 nitrogen and oxygen atoms in total. The number of carbonyl (C=O) groups is 2. The summed E-state index contributed by atoms with van der Waals surface area (Å²) in [6, 6.07) is 6.97. The highest BCUT2D eigenvalue weighted by atomic mass is 32.1. The van der Waals surface area contributed by atoms with Gasteiger partial charge in [-0.3, -0.25) is 4.79 Å². The Morgan fingerprint density at radius 3 is 1.93 bits per heavy atom. The Bertz CT molecular complexity index is 1130. The standard InChI is InChI=1S/C20H12F5NO3S/c1-8-3-5-9(6-4-8)10-7-30-19(11(10)20(28)29-2)26-18(27)12-13(21)15(23)17(25)16(24)14(12)22/h3-7H,1-2H3,(H,26,27). The SMILES string of the molecule is COC(=O)c1c(-c2ccc(C)cc2)csc1NC(=O)c1c(F)c(F)c(F)c(F)c1F. The summed E-state index contributed by atoms with van der Waals surface area (Å²) in [7, 11) is 1.09. The van der Waals surface area contributed by atoms with Crippen molar-refractivity contribution in [3.63, 3.8) is 0 Å². The second-order valence-electron chi connectivity index (χ2n) is 6.11.